The van der Waals surface area contributed by atoms with E-state index in [-0.39, 0.29) is 5.41 Å². The first-order valence-electron chi connectivity index (χ1n) is 5.40. The summed E-state index contributed by atoms with van der Waals surface area (Å²) < 4.78 is 5.26. The van der Waals surface area contributed by atoms with Crippen molar-refractivity contribution in [1.82, 2.24) is 0 Å². The zero-order chi connectivity index (χ0) is 11.4. The van der Waals surface area contributed by atoms with E-state index in [4.69, 9.17) is 10.3 Å². The molecule has 1 aliphatic carbocycles. The largest absolute Gasteiger partial charge is 0.384 e. The van der Waals surface area contributed by atoms with Crippen molar-refractivity contribution in [2.24, 2.45) is 5.11 Å². The van der Waals surface area contributed by atoms with Gasteiger partial charge in [-0.15, -0.1) is 0 Å². The first-order chi connectivity index (χ1) is 7.80. The van der Waals surface area contributed by atoms with Crippen LogP contribution in [0, 0.1) is 0 Å². The molecule has 0 atom stereocenters. The first kappa shape index (κ1) is 11.0. The van der Waals surface area contributed by atoms with E-state index in [1.165, 1.54) is 18.4 Å². The number of nitrogens with zero attached hydrogens (tertiary/aromatic N) is 3. The summed E-state index contributed by atoms with van der Waals surface area (Å²) in [4.78, 5) is 2.78. The number of azide groups is 1. The lowest BCUT2D eigenvalue weighted by atomic mass is 9.95. The standard InChI is InChI=1S/C12H15N3O/c1-16-9-12(5-6-12)11-4-2-3-10(7-11)8-14-15-13/h2-4,7H,5-6,8-9H2,1H3. The predicted octanol–water partition coefficient (Wildman–Crippen LogP) is 3.17. The minimum atomic E-state index is 0.223. The fourth-order valence-electron chi connectivity index (χ4n) is 2.06. The molecule has 1 fully saturated rings. The van der Waals surface area contributed by atoms with Crippen molar-refractivity contribution in [3.05, 3.63) is 45.8 Å². The predicted molar refractivity (Wildman–Crippen MR) is 62.1 cm³/mol. The molecule has 0 spiro atoms. The average molecular weight is 217 g/mol. The first-order valence-corrected chi connectivity index (χ1v) is 5.40. The summed E-state index contributed by atoms with van der Waals surface area (Å²) in [5, 5.41) is 3.58. The third-order valence-electron chi connectivity index (χ3n) is 3.13. The molecule has 1 aliphatic rings. The molecule has 0 aliphatic heterocycles. The van der Waals surface area contributed by atoms with Gasteiger partial charge in [0.15, 0.2) is 0 Å². The molecule has 84 valence electrons. The second-order valence-electron chi connectivity index (χ2n) is 4.30. The molecule has 0 aromatic heterocycles. The van der Waals surface area contributed by atoms with Crippen molar-refractivity contribution in [3.63, 3.8) is 0 Å². The molecule has 0 saturated heterocycles. The van der Waals surface area contributed by atoms with Crippen LogP contribution in [-0.2, 0) is 16.7 Å². The van der Waals surface area contributed by atoms with E-state index >= 15 is 0 Å². The Hall–Kier alpha value is -1.51. The molecule has 0 radical (unpaired) electrons. The van der Waals surface area contributed by atoms with E-state index in [1.54, 1.807) is 7.11 Å². The zero-order valence-electron chi connectivity index (χ0n) is 9.39. The van der Waals surface area contributed by atoms with Crippen LogP contribution in [0.4, 0.5) is 0 Å². The van der Waals surface area contributed by atoms with Gasteiger partial charge in [-0.25, -0.2) is 0 Å². The van der Waals surface area contributed by atoms with Gasteiger partial charge in [0.05, 0.1) is 13.2 Å². The van der Waals surface area contributed by atoms with Crippen LogP contribution < -0.4 is 0 Å². The van der Waals surface area contributed by atoms with Crippen molar-refractivity contribution in [2.75, 3.05) is 13.7 Å². The normalized spacial score (nSPS) is 16.6. The maximum absolute atomic E-state index is 8.29. The summed E-state index contributed by atoms with van der Waals surface area (Å²) in [6, 6.07) is 8.26. The third kappa shape index (κ3) is 2.18. The van der Waals surface area contributed by atoms with E-state index < -0.39 is 0 Å². The van der Waals surface area contributed by atoms with Crippen molar-refractivity contribution < 1.29 is 4.74 Å². The lowest BCUT2D eigenvalue weighted by Crippen LogP contribution is -2.14. The molecule has 0 N–H and O–H groups in total. The van der Waals surface area contributed by atoms with Crippen molar-refractivity contribution in [3.8, 4) is 0 Å². The molecule has 0 bridgehead atoms. The highest BCUT2D eigenvalue weighted by Crippen LogP contribution is 2.48. The Morgan fingerprint density at radius 3 is 2.94 bits per heavy atom. The van der Waals surface area contributed by atoms with E-state index in [0.29, 0.717) is 6.54 Å². The fourth-order valence-corrected chi connectivity index (χ4v) is 2.06. The second-order valence-corrected chi connectivity index (χ2v) is 4.30. The van der Waals surface area contributed by atoms with Gasteiger partial charge >= 0.3 is 0 Å². The second kappa shape index (κ2) is 4.56. The Morgan fingerprint density at radius 2 is 2.31 bits per heavy atom. The molecule has 1 aromatic rings. The molecular weight excluding hydrogens is 202 g/mol. The van der Waals surface area contributed by atoms with E-state index in [0.717, 1.165) is 12.2 Å². The lowest BCUT2D eigenvalue weighted by molar-refractivity contribution is 0.171. The van der Waals surface area contributed by atoms with Gasteiger partial charge in [-0.05, 0) is 29.5 Å². The number of rotatable bonds is 5. The molecule has 4 heteroatoms. The Balaban J connectivity index is 2.19. The summed E-state index contributed by atoms with van der Waals surface area (Å²) in [5.41, 5.74) is 10.9. The van der Waals surface area contributed by atoms with Gasteiger partial charge in [-0.3, -0.25) is 0 Å². The Morgan fingerprint density at radius 1 is 1.50 bits per heavy atom. The van der Waals surface area contributed by atoms with Crippen LogP contribution >= 0.6 is 0 Å². The quantitative estimate of drug-likeness (QED) is 0.424. The molecule has 2 rings (SSSR count). The van der Waals surface area contributed by atoms with Gasteiger partial charge in [-0.1, -0.05) is 29.4 Å². The van der Waals surface area contributed by atoms with Gasteiger partial charge in [0.1, 0.15) is 0 Å². The highest BCUT2D eigenvalue weighted by atomic mass is 16.5. The molecule has 0 amide bonds. The Labute approximate surface area is 94.9 Å². The number of methoxy groups -OCH3 is 1. The summed E-state index contributed by atoms with van der Waals surface area (Å²) >= 11 is 0. The van der Waals surface area contributed by atoms with Crippen LogP contribution in [0.2, 0.25) is 0 Å². The SMILES string of the molecule is COCC1(c2cccc(CN=[N+]=[N-])c2)CC1. The van der Waals surface area contributed by atoms with Gasteiger partial charge in [-0.2, -0.15) is 0 Å². The minimum Gasteiger partial charge on any atom is -0.384 e. The molecule has 4 nitrogen and oxygen atoms in total. The molecule has 16 heavy (non-hydrogen) atoms. The number of hydrogen-bond donors (Lipinski definition) is 0. The van der Waals surface area contributed by atoms with Crippen LogP contribution in [0.25, 0.3) is 10.4 Å². The fraction of sp³-hybridized carbons (Fsp3) is 0.500. The van der Waals surface area contributed by atoms with Gasteiger partial charge in [0.25, 0.3) is 0 Å². The van der Waals surface area contributed by atoms with Crippen LogP contribution in [-0.4, -0.2) is 13.7 Å². The maximum atomic E-state index is 8.29. The van der Waals surface area contributed by atoms with Crippen molar-refractivity contribution in [1.29, 1.82) is 0 Å². The van der Waals surface area contributed by atoms with Crippen LogP contribution in [0.15, 0.2) is 29.4 Å². The monoisotopic (exact) mass is 217 g/mol. The van der Waals surface area contributed by atoms with Crippen molar-refractivity contribution in [2.45, 2.75) is 24.8 Å². The van der Waals surface area contributed by atoms with Crippen molar-refractivity contribution >= 4 is 0 Å². The highest BCUT2D eigenvalue weighted by molar-refractivity contribution is 5.34. The smallest absolute Gasteiger partial charge is 0.0559 e. The topological polar surface area (TPSA) is 58.0 Å². The summed E-state index contributed by atoms with van der Waals surface area (Å²) in [7, 11) is 1.74. The zero-order valence-corrected chi connectivity index (χ0v) is 9.39. The number of benzene rings is 1. The summed E-state index contributed by atoms with van der Waals surface area (Å²) in [6.07, 6.45) is 2.37. The molecular formula is C12H15N3O. The number of hydrogen-bond acceptors (Lipinski definition) is 2. The van der Waals surface area contributed by atoms with Gasteiger partial charge in [0.2, 0.25) is 0 Å². The van der Waals surface area contributed by atoms with E-state index in [2.05, 4.69) is 22.2 Å². The molecule has 1 saturated carbocycles. The Kier molecular flexibility index (Phi) is 3.13. The average Bonchev–Trinajstić information content (AvgIpc) is 3.08. The van der Waals surface area contributed by atoms with E-state index in [1.807, 2.05) is 12.1 Å². The molecule has 1 aromatic carbocycles. The number of ether oxygens (including phenoxy) is 1. The maximum Gasteiger partial charge on any atom is 0.0559 e. The van der Waals surface area contributed by atoms with Gasteiger partial charge < -0.3 is 4.74 Å². The third-order valence-corrected chi connectivity index (χ3v) is 3.13. The van der Waals surface area contributed by atoms with Crippen LogP contribution in [0.5, 0.6) is 0 Å². The highest BCUT2D eigenvalue weighted by Gasteiger charge is 2.44. The van der Waals surface area contributed by atoms with Crippen LogP contribution in [0.1, 0.15) is 24.0 Å². The molecule has 0 unspecified atom stereocenters. The van der Waals surface area contributed by atoms with E-state index in [9.17, 15) is 0 Å². The van der Waals surface area contributed by atoms with Crippen LogP contribution in [0.3, 0.4) is 0 Å². The molecule has 0 heterocycles. The lowest BCUT2D eigenvalue weighted by Gasteiger charge is -2.15. The summed E-state index contributed by atoms with van der Waals surface area (Å²) in [5.74, 6) is 0. The minimum absolute atomic E-state index is 0.223. The Bertz CT molecular complexity index is 420. The van der Waals surface area contributed by atoms with Gasteiger partial charge in [0, 0.05) is 17.4 Å². The summed E-state index contributed by atoms with van der Waals surface area (Å²) in [6.45, 7) is 1.20.